The van der Waals surface area contributed by atoms with Gasteiger partial charge in [0.25, 0.3) is 0 Å². The van der Waals surface area contributed by atoms with Crippen LogP contribution in [0.1, 0.15) is 44.0 Å². The summed E-state index contributed by atoms with van der Waals surface area (Å²) in [6.07, 6.45) is 6.53. The van der Waals surface area contributed by atoms with Crippen LogP contribution in [0.25, 0.3) is 0 Å². The van der Waals surface area contributed by atoms with Crippen LogP contribution in [-0.2, 0) is 20.1 Å². The van der Waals surface area contributed by atoms with E-state index < -0.39 is 0 Å². The van der Waals surface area contributed by atoms with Gasteiger partial charge in [-0.1, -0.05) is 6.07 Å². The van der Waals surface area contributed by atoms with Crippen LogP contribution in [0.4, 0.5) is 0 Å². The van der Waals surface area contributed by atoms with Crippen LogP contribution < -0.4 is 20.1 Å². The van der Waals surface area contributed by atoms with Gasteiger partial charge in [-0.3, -0.25) is 4.68 Å². The Bertz CT molecular complexity index is 789. The average Bonchev–Trinajstić information content (AvgIpc) is 3.36. The second kappa shape index (κ2) is 11.8. The molecule has 1 aromatic carbocycles. The lowest BCUT2D eigenvalue weighted by atomic mass is 10.2. The number of guanidine groups is 1. The zero-order valence-electron chi connectivity index (χ0n) is 17.4. The van der Waals surface area contributed by atoms with Gasteiger partial charge in [-0.25, -0.2) is 9.98 Å². The second-order valence-corrected chi connectivity index (χ2v) is 6.86. The van der Waals surface area contributed by atoms with E-state index in [2.05, 4.69) is 25.7 Å². The summed E-state index contributed by atoms with van der Waals surface area (Å²) >= 11 is 0. The molecule has 0 amide bonds. The molecule has 0 radical (unpaired) electrons. The Morgan fingerprint density at radius 1 is 1.24 bits per heavy atom. The number of ether oxygens (including phenoxy) is 2. The lowest BCUT2D eigenvalue weighted by Gasteiger charge is -2.17. The van der Waals surface area contributed by atoms with E-state index in [1.165, 1.54) is 12.8 Å². The Hall–Kier alpha value is -2.04. The highest BCUT2D eigenvalue weighted by molar-refractivity contribution is 14.0. The Kier molecular flexibility index (Phi) is 9.49. The van der Waals surface area contributed by atoms with Crippen molar-refractivity contribution < 1.29 is 9.47 Å². The molecule has 9 heteroatoms. The van der Waals surface area contributed by atoms with Crippen LogP contribution in [0.15, 0.2) is 29.5 Å². The van der Waals surface area contributed by atoms with Crippen LogP contribution in [0.2, 0.25) is 0 Å². The molecule has 1 fully saturated rings. The largest absolute Gasteiger partial charge is 0.493 e. The van der Waals surface area contributed by atoms with Gasteiger partial charge in [-0.2, -0.15) is 5.10 Å². The minimum atomic E-state index is 0. The summed E-state index contributed by atoms with van der Waals surface area (Å²) in [5, 5.41) is 10.6. The van der Waals surface area contributed by atoms with E-state index >= 15 is 0 Å². The molecule has 0 spiro atoms. The van der Waals surface area contributed by atoms with Crippen molar-refractivity contribution in [3.63, 3.8) is 0 Å². The Labute approximate surface area is 189 Å². The summed E-state index contributed by atoms with van der Waals surface area (Å²) in [5.74, 6) is 3.16. The summed E-state index contributed by atoms with van der Waals surface area (Å²) in [7, 11) is 3.55. The lowest BCUT2D eigenvalue weighted by Crippen LogP contribution is -2.37. The molecule has 0 unspecified atom stereocenters. The third kappa shape index (κ3) is 6.76. The van der Waals surface area contributed by atoms with Gasteiger partial charge in [0, 0.05) is 13.6 Å². The van der Waals surface area contributed by atoms with E-state index in [1.54, 1.807) is 18.1 Å². The first-order chi connectivity index (χ1) is 13.7. The van der Waals surface area contributed by atoms with Crippen LogP contribution in [-0.4, -0.2) is 40.5 Å². The molecular formula is C20H31IN6O2. The van der Waals surface area contributed by atoms with Crippen molar-refractivity contribution >= 4 is 29.9 Å². The molecule has 2 N–H and O–H groups in total. The van der Waals surface area contributed by atoms with Crippen molar-refractivity contribution in [3.05, 3.63) is 35.9 Å². The van der Waals surface area contributed by atoms with Gasteiger partial charge in [0.2, 0.25) is 0 Å². The zero-order chi connectivity index (χ0) is 19.8. The normalized spacial score (nSPS) is 14.4. The van der Waals surface area contributed by atoms with Gasteiger partial charge in [0.05, 0.1) is 26.3 Å². The van der Waals surface area contributed by atoms with E-state index in [9.17, 15) is 0 Å². The molecule has 1 aromatic heterocycles. The van der Waals surface area contributed by atoms with Crippen LogP contribution in [0.5, 0.6) is 11.5 Å². The van der Waals surface area contributed by atoms with Crippen molar-refractivity contribution in [2.75, 3.05) is 13.7 Å². The predicted molar refractivity (Wildman–Crippen MR) is 124 cm³/mol. The molecule has 3 rings (SSSR count). The van der Waals surface area contributed by atoms with E-state index in [4.69, 9.17) is 9.47 Å². The molecule has 160 valence electrons. The Balaban J connectivity index is 0.00000300. The molecule has 8 nitrogen and oxygen atoms in total. The number of rotatable bonds is 8. The molecular weight excluding hydrogens is 483 g/mol. The SMILES string of the molecule is CCNC(=NCc1ccc(OC)c(OC2CCCC2)c1)NCc1ncnn1C.I. The first kappa shape index (κ1) is 23.2. The Morgan fingerprint density at radius 2 is 2.03 bits per heavy atom. The molecule has 1 heterocycles. The predicted octanol–water partition coefficient (Wildman–Crippen LogP) is 3.02. The van der Waals surface area contributed by atoms with Gasteiger partial charge in [-0.05, 0) is 50.3 Å². The first-order valence-electron chi connectivity index (χ1n) is 9.88. The van der Waals surface area contributed by atoms with E-state index in [1.807, 2.05) is 32.2 Å². The second-order valence-electron chi connectivity index (χ2n) is 6.86. The standard InChI is InChI=1S/C20H30N6O2.HI/c1-4-21-20(23-13-19-24-14-25-26(19)2)22-12-15-9-10-17(27-3)18(11-15)28-16-7-5-6-8-16;/h9-11,14,16H,4-8,12-13H2,1-3H3,(H2,21,22,23);1H. The molecule has 0 aliphatic heterocycles. The highest BCUT2D eigenvalue weighted by Gasteiger charge is 2.18. The van der Waals surface area contributed by atoms with E-state index in [-0.39, 0.29) is 30.1 Å². The third-order valence-electron chi connectivity index (χ3n) is 4.81. The molecule has 29 heavy (non-hydrogen) atoms. The number of aryl methyl sites for hydroxylation is 1. The summed E-state index contributed by atoms with van der Waals surface area (Å²) in [6, 6.07) is 6.01. The van der Waals surface area contributed by atoms with Crippen LogP contribution in [0, 0.1) is 0 Å². The smallest absolute Gasteiger partial charge is 0.191 e. The van der Waals surface area contributed by atoms with Gasteiger partial charge >= 0.3 is 0 Å². The molecule has 1 saturated carbocycles. The number of aliphatic imine (C=N–C) groups is 1. The lowest BCUT2D eigenvalue weighted by molar-refractivity contribution is 0.200. The maximum atomic E-state index is 6.18. The minimum Gasteiger partial charge on any atom is -0.493 e. The number of hydrogen-bond donors (Lipinski definition) is 2. The quantitative estimate of drug-likeness (QED) is 0.320. The summed E-state index contributed by atoms with van der Waals surface area (Å²) < 4.78 is 13.4. The van der Waals surface area contributed by atoms with Gasteiger partial charge < -0.3 is 20.1 Å². The number of halogens is 1. The molecule has 0 bridgehead atoms. The molecule has 0 saturated heterocycles. The summed E-state index contributed by atoms with van der Waals surface area (Å²) in [5.41, 5.74) is 1.07. The fraction of sp³-hybridized carbons (Fsp3) is 0.550. The van der Waals surface area contributed by atoms with Gasteiger partial charge in [0.1, 0.15) is 12.2 Å². The van der Waals surface area contributed by atoms with Crippen molar-refractivity contribution in [1.29, 1.82) is 0 Å². The topological polar surface area (TPSA) is 85.6 Å². The van der Waals surface area contributed by atoms with Crippen molar-refractivity contribution in [1.82, 2.24) is 25.4 Å². The summed E-state index contributed by atoms with van der Waals surface area (Å²) in [4.78, 5) is 8.90. The maximum absolute atomic E-state index is 6.18. The van der Waals surface area contributed by atoms with Gasteiger partial charge in [0.15, 0.2) is 17.5 Å². The number of benzene rings is 1. The average molecular weight is 514 g/mol. The third-order valence-corrected chi connectivity index (χ3v) is 4.81. The van der Waals surface area contributed by atoms with Crippen LogP contribution in [0.3, 0.4) is 0 Å². The van der Waals surface area contributed by atoms with Crippen molar-refractivity contribution in [2.45, 2.75) is 51.8 Å². The summed E-state index contributed by atoms with van der Waals surface area (Å²) in [6.45, 7) is 3.92. The molecule has 1 aliphatic carbocycles. The highest BCUT2D eigenvalue weighted by atomic mass is 127. The molecule has 2 aromatic rings. The first-order valence-corrected chi connectivity index (χ1v) is 9.88. The van der Waals surface area contributed by atoms with Gasteiger partial charge in [-0.15, -0.1) is 24.0 Å². The number of methoxy groups -OCH3 is 1. The Morgan fingerprint density at radius 3 is 2.69 bits per heavy atom. The van der Waals surface area contributed by atoms with Crippen molar-refractivity contribution in [3.8, 4) is 11.5 Å². The molecule has 1 aliphatic rings. The minimum absolute atomic E-state index is 0. The monoisotopic (exact) mass is 514 g/mol. The number of aromatic nitrogens is 3. The number of nitrogens with one attached hydrogen (secondary N) is 2. The fourth-order valence-electron chi connectivity index (χ4n) is 3.25. The highest BCUT2D eigenvalue weighted by Crippen LogP contribution is 2.32. The fourth-order valence-corrected chi connectivity index (χ4v) is 3.25. The molecule has 0 atom stereocenters. The van der Waals surface area contributed by atoms with Crippen LogP contribution >= 0.6 is 24.0 Å². The zero-order valence-corrected chi connectivity index (χ0v) is 19.7. The van der Waals surface area contributed by atoms with Crippen molar-refractivity contribution in [2.24, 2.45) is 12.0 Å². The maximum Gasteiger partial charge on any atom is 0.191 e. The van der Waals surface area contributed by atoms with E-state index in [0.717, 1.165) is 48.2 Å². The number of hydrogen-bond acceptors (Lipinski definition) is 5. The number of nitrogens with zero attached hydrogens (tertiary/aromatic N) is 4. The van der Waals surface area contributed by atoms with E-state index in [0.29, 0.717) is 13.1 Å².